The molecule has 0 saturated carbocycles. The summed E-state index contributed by atoms with van der Waals surface area (Å²) >= 11 is 0. The summed E-state index contributed by atoms with van der Waals surface area (Å²) in [6, 6.07) is 16.7. The van der Waals surface area contributed by atoms with Crippen LogP contribution in [0.25, 0.3) is 32.7 Å². The van der Waals surface area contributed by atoms with Crippen molar-refractivity contribution in [2.24, 2.45) is 20.5 Å². The van der Waals surface area contributed by atoms with Gasteiger partial charge in [0.1, 0.15) is 74.7 Å². The molecule has 302 valence electrons. The van der Waals surface area contributed by atoms with Crippen molar-refractivity contribution < 1.29 is 180 Å². The maximum atomic E-state index is 12.0. The van der Waals surface area contributed by atoms with E-state index in [1.165, 1.54) is 38.5 Å². The van der Waals surface area contributed by atoms with Crippen LogP contribution in [0.1, 0.15) is 0 Å². The summed E-state index contributed by atoms with van der Waals surface area (Å²) in [4.78, 5) is -3.32. The molecule has 0 heterocycles. The number of ether oxygens (including phenoxy) is 2. The molecule has 0 aliphatic rings. The summed E-state index contributed by atoms with van der Waals surface area (Å²) in [7, 11) is -17.9. The van der Waals surface area contributed by atoms with Crippen LogP contribution in [-0.2, 0) is 40.5 Å². The SMILES string of the molecule is COc1cc(-c2ccc(N=Nc3ccc4c(S(=O)(=O)[O-])ccc(S(=O)(=O)[O-])c4c3N)c(OC)c2)ccc1N=Nc1ccc2c(S(=O)(=O)[O-])ccc(S(=O)(=O)[O-])c2c1N.[Na+].[Na+].[Na+].[Na+]. The van der Waals surface area contributed by atoms with Crippen molar-refractivity contribution in [1.82, 2.24) is 0 Å². The van der Waals surface area contributed by atoms with Crippen LogP contribution in [0.5, 0.6) is 11.5 Å². The summed E-state index contributed by atoms with van der Waals surface area (Å²) in [5, 5.41) is 14.5. The van der Waals surface area contributed by atoms with E-state index in [1.807, 2.05) is 0 Å². The Balaban J connectivity index is 0.00000331. The molecule has 0 aliphatic heterocycles. The average Bonchev–Trinajstić information content (AvgIpc) is 3.15. The first kappa shape index (κ1) is 56.0. The van der Waals surface area contributed by atoms with Crippen LogP contribution in [0.4, 0.5) is 34.1 Å². The first-order valence-corrected chi connectivity index (χ1v) is 21.4. The number of methoxy groups -OCH3 is 2. The summed E-state index contributed by atoms with van der Waals surface area (Å²) < 4.78 is 154. The van der Waals surface area contributed by atoms with Crippen LogP contribution in [0.15, 0.2) is 125 Å². The normalized spacial score (nSPS) is 12.0. The first-order valence-electron chi connectivity index (χ1n) is 15.8. The third kappa shape index (κ3) is 11.8. The second-order valence-corrected chi connectivity index (χ2v) is 17.3. The Hall–Kier alpha value is -2.12. The molecule has 6 aromatic carbocycles. The summed E-state index contributed by atoms with van der Waals surface area (Å²) in [6.07, 6.45) is 0. The zero-order valence-corrected chi connectivity index (χ0v) is 44.6. The molecule has 6 rings (SSSR count). The summed E-state index contributed by atoms with van der Waals surface area (Å²) in [6.45, 7) is 0. The predicted molar refractivity (Wildman–Crippen MR) is 202 cm³/mol. The summed E-state index contributed by atoms with van der Waals surface area (Å²) in [5.41, 5.74) is 12.5. The van der Waals surface area contributed by atoms with Gasteiger partial charge < -0.3 is 39.2 Å². The van der Waals surface area contributed by atoms with E-state index in [0.29, 0.717) is 35.4 Å². The molecule has 0 amide bonds. The number of benzene rings is 6. The minimum absolute atomic E-state index is 0. The van der Waals surface area contributed by atoms with Gasteiger partial charge in [-0.1, -0.05) is 24.3 Å². The number of anilines is 2. The van der Waals surface area contributed by atoms with Gasteiger partial charge in [-0.15, -0.1) is 20.5 Å². The van der Waals surface area contributed by atoms with Crippen LogP contribution < -0.4 is 139 Å². The van der Waals surface area contributed by atoms with Crippen molar-refractivity contribution in [2.75, 3.05) is 25.7 Å². The fourth-order valence-corrected chi connectivity index (χ4v) is 8.69. The molecule has 0 bridgehead atoms. The molecule has 62 heavy (non-hydrogen) atoms. The number of hydrogen-bond acceptors (Lipinski definition) is 20. The number of rotatable bonds is 11. The standard InChI is InChI=1S/C34H28N6O14S4.4Na/c1-53-25-15-17(3-7-21(25)37-39-23-9-5-19-27(55(41,42)43)11-13-29(57(47,48)49)31(19)33(23)35)18-4-8-22(26(16-18)54-2)38-40-24-10-6-20-28(56(44,45)46)12-14-30(58(50,51)52)32(20)34(24)36;;;;/h3-16H,35-36H2,1-2H3,(H,41,42,43)(H,44,45,46)(H,47,48,49)(H,50,51,52);;;;/q;4*+1/p-4. The Kier molecular flexibility index (Phi) is 19.4. The smallest absolute Gasteiger partial charge is 0.744 e. The second kappa shape index (κ2) is 21.5. The van der Waals surface area contributed by atoms with Crippen LogP contribution in [0, 0.1) is 0 Å². The van der Waals surface area contributed by atoms with Crippen LogP contribution in [0.3, 0.4) is 0 Å². The predicted octanol–water partition coefficient (Wildman–Crippen LogP) is -6.70. The Morgan fingerprint density at radius 3 is 0.984 bits per heavy atom. The van der Waals surface area contributed by atoms with Gasteiger partial charge in [-0.3, -0.25) is 0 Å². The molecule has 0 spiro atoms. The number of nitrogens with two attached hydrogens (primary N) is 2. The van der Waals surface area contributed by atoms with E-state index in [1.54, 1.807) is 24.3 Å². The van der Waals surface area contributed by atoms with E-state index in [2.05, 4.69) is 20.5 Å². The molecule has 0 saturated heterocycles. The van der Waals surface area contributed by atoms with Crippen LogP contribution >= 0.6 is 0 Å². The number of nitrogen functional groups attached to an aromatic ring is 2. The van der Waals surface area contributed by atoms with Gasteiger partial charge in [0.25, 0.3) is 0 Å². The molecule has 20 nitrogen and oxygen atoms in total. The Morgan fingerprint density at radius 2 is 0.694 bits per heavy atom. The number of hydrogen-bond donors (Lipinski definition) is 2. The fourth-order valence-electron chi connectivity index (χ4n) is 5.93. The van der Waals surface area contributed by atoms with E-state index in [-0.39, 0.29) is 152 Å². The van der Waals surface area contributed by atoms with Gasteiger partial charge >= 0.3 is 118 Å². The van der Waals surface area contributed by atoms with Crippen molar-refractivity contribution in [3.8, 4) is 22.6 Å². The van der Waals surface area contributed by atoms with Crippen molar-refractivity contribution in [3.05, 3.63) is 84.9 Å². The van der Waals surface area contributed by atoms with Gasteiger partial charge in [0, 0.05) is 21.5 Å². The molecule has 0 unspecified atom stereocenters. The van der Waals surface area contributed by atoms with E-state index < -0.39 is 93.0 Å². The monoisotopic (exact) mass is 960 g/mol. The third-order valence-corrected chi connectivity index (χ3v) is 12.1. The van der Waals surface area contributed by atoms with E-state index in [0.717, 1.165) is 12.1 Å². The van der Waals surface area contributed by atoms with Crippen LogP contribution in [0.2, 0.25) is 0 Å². The molecule has 0 aliphatic carbocycles. The molecule has 0 radical (unpaired) electrons. The molecular weight excluding hydrogens is 937 g/mol. The van der Waals surface area contributed by atoms with Crippen molar-refractivity contribution >= 4 is 96.1 Å². The molecular formula is C34H24N6Na4O14S4. The molecule has 0 fully saturated rings. The second-order valence-electron chi connectivity index (χ2n) is 12.0. The van der Waals surface area contributed by atoms with Gasteiger partial charge in [-0.2, -0.15) is 0 Å². The Bertz CT molecular complexity index is 3030. The Labute approximate surface area is 443 Å². The van der Waals surface area contributed by atoms with Crippen molar-refractivity contribution in [1.29, 1.82) is 0 Å². The number of fused-ring (bicyclic) bond motifs is 2. The fraction of sp³-hybridized carbons (Fsp3) is 0.0588. The maximum absolute atomic E-state index is 12.0. The Morgan fingerprint density at radius 1 is 0.419 bits per heavy atom. The zero-order chi connectivity index (χ0) is 42.5. The maximum Gasteiger partial charge on any atom is 1.00 e. The largest absolute Gasteiger partial charge is 1.00 e. The topological polar surface area (TPSA) is 349 Å². The molecule has 4 N–H and O–H groups in total. The van der Waals surface area contributed by atoms with Gasteiger partial charge in [0.15, 0.2) is 0 Å². The third-order valence-electron chi connectivity index (χ3n) is 8.54. The molecule has 28 heteroatoms. The van der Waals surface area contributed by atoms with Gasteiger partial charge in [0.05, 0.1) is 45.2 Å². The average molecular weight is 961 g/mol. The van der Waals surface area contributed by atoms with Crippen LogP contribution in [-0.4, -0.2) is 66.1 Å². The van der Waals surface area contributed by atoms with Crippen molar-refractivity contribution in [3.63, 3.8) is 0 Å². The summed E-state index contributed by atoms with van der Waals surface area (Å²) in [5.74, 6) is 0.371. The number of nitrogens with zero attached hydrogens (tertiary/aromatic N) is 4. The first-order chi connectivity index (χ1) is 27.0. The van der Waals surface area contributed by atoms with Crippen molar-refractivity contribution in [2.45, 2.75) is 19.6 Å². The van der Waals surface area contributed by atoms with E-state index >= 15 is 0 Å². The van der Waals surface area contributed by atoms with E-state index in [9.17, 15) is 51.9 Å². The molecule has 0 aromatic heterocycles. The van der Waals surface area contributed by atoms with Gasteiger partial charge in [0.2, 0.25) is 0 Å². The zero-order valence-electron chi connectivity index (χ0n) is 33.4. The minimum atomic E-state index is -5.18. The number of azo groups is 2. The van der Waals surface area contributed by atoms with Gasteiger partial charge in [-0.05, 0) is 71.8 Å². The minimum Gasteiger partial charge on any atom is -0.744 e. The van der Waals surface area contributed by atoms with E-state index in [4.69, 9.17) is 20.9 Å². The molecule has 0 atom stereocenters. The molecule has 6 aromatic rings. The quantitative estimate of drug-likeness (QED) is 0.0528. The van der Waals surface area contributed by atoms with Gasteiger partial charge in [-0.25, -0.2) is 33.7 Å².